The summed E-state index contributed by atoms with van der Waals surface area (Å²) in [7, 11) is 0. The van der Waals surface area contributed by atoms with Crippen molar-refractivity contribution < 1.29 is 14.4 Å². The molecule has 1 aromatic carbocycles. The van der Waals surface area contributed by atoms with Crippen LogP contribution in [-0.4, -0.2) is 41.9 Å². The fourth-order valence-corrected chi connectivity index (χ4v) is 6.13. The van der Waals surface area contributed by atoms with Crippen LogP contribution in [0, 0.1) is 0 Å². The molecule has 2 aromatic rings. The number of benzene rings is 1. The highest BCUT2D eigenvalue weighted by Gasteiger charge is 2.56. The van der Waals surface area contributed by atoms with E-state index in [1.165, 1.54) is 19.3 Å². The minimum absolute atomic E-state index is 0.329. The number of amides is 4. The number of rotatable bonds is 4. The third-order valence-corrected chi connectivity index (χ3v) is 7.89. The maximum atomic E-state index is 13.4. The van der Waals surface area contributed by atoms with Crippen molar-refractivity contribution in [2.24, 2.45) is 0 Å². The Bertz CT molecular complexity index is 1040. The van der Waals surface area contributed by atoms with Crippen LogP contribution in [0.5, 0.6) is 0 Å². The first-order chi connectivity index (χ1) is 15.5. The van der Waals surface area contributed by atoms with E-state index in [0.717, 1.165) is 47.0 Å². The Labute approximate surface area is 191 Å². The van der Waals surface area contributed by atoms with E-state index in [-0.39, 0.29) is 11.8 Å². The van der Waals surface area contributed by atoms with E-state index in [9.17, 15) is 14.4 Å². The maximum absolute atomic E-state index is 13.4. The third-order valence-electron chi connectivity index (χ3n) is 6.91. The molecular formula is C24H28N4O3S. The summed E-state index contributed by atoms with van der Waals surface area (Å²) in [5.74, 6) is -0.706. The van der Waals surface area contributed by atoms with Gasteiger partial charge in [0.2, 0.25) is 5.91 Å². The van der Waals surface area contributed by atoms with Crippen molar-refractivity contribution in [3.05, 3.63) is 46.2 Å². The van der Waals surface area contributed by atoms with Gasteiger partial charge in [0, 0.05) is 34.9 Å². The average Bonchev–Trinajstić information content (AvgIpc) is 3.38. The van der Waals surface area contributed by atoms with Gasteiger partial charge in [0.1, 0.15) is 11.6 Å². The molecule has 168 valence electrons. The molecule has 0 bridgehead atoms. The molecule has 2 fully saturated rings. The van der Waals surface area contributed by atoms with E-state index in [0.29, 0.717) is 12.1 Å². The van der Waals surface area contributed by atoms with E-state index in [4.69, 9.17) is 0 Å². The van der Waals surface area contributed by atoms with Crippen molar-refractivity contribution in [3.8, 4) is 0 Å². The van der Waals surface area contributed by atoms with Gasteiger partial charge < -0.3 is 15.5 Å². The third kappa shape index (κ3) is 3.46. The number of nitrogens with one attached hydrogen (secondary N) is 2. The van der Waals surface area contributed by atoms with Gasteiger partial charge in [-0.25, -0.2) is 9.69 Å². The number of hydrogen-bond donors (Lipinski definition) is 2. The van der Waals surface area contributed by atoms with Crippen LogP contribution in [0.4, 0.5) is 16.2 Å². The first-order valence-electron chi connectivity index (χ1n) is 11.4. The maximum Gasteiger partial charge on any atom is 0.326 e. The molecule has 0 radical (unpaired) electrons. The largest absolute Gasteiger partial charge is 0.372 e. The molecule has 2 saturated heterocycles. The van der Waals surface area contributed by atoms with Crippen molar-refractivity contribution in [1.29, 1.82) is 0 Å². The zero-order chi connectivity index (χ0) is 22.3. The summed E-state index contributed by atoms with van der Waals surface area (Å²) in [5.41, 5.74) is 1.66. The van der Waals surface area contributed by atoms with Crippen LogP contribution in [0.15, 0.2) is 35.7 Å². The van der Waals surface area contributed by atoms with Gasteiger partial charge in [-0.15, -0.1) is 11.3 Å². The summed E-state index contributed by atoms with van der Waals surface area (Å²) in [6, 6.07) is 8.28. The Morgan fingerprint density at radius 3 is 2.59 bits per heavy atom. The summed E-state index contributed by atoms with van der Waals surface area (Å²) in [4.78, 5) is 43.8. The summed E-state index contributed by atoms with van der Waals surface area (Å²) in [6.45, 7) is 3.72. The van der Waals surface area contributed by atoms with Crippen molar-refractivity contribution >= 4 is 40.6 Å². The first kappa shape index (κ1) is 21.0. The molecule has 1 aromatic heterocycles. The minimum atomic E-state index is -1.03. The number of piperidine rings is 1. The van der Waals surface area contributed by atoms with Crippen molar-refractivity contribution in [1.82, 2.24) is 10.2 Å². The standard InChI is InChI=1S/C24H28N4O3S/c1-16(21(29)25-17-7-9-18(10-8-17)27-13-3-2-4-14-27)28-22(30)24(26-23(28)31)12-5-6-20-19(24)11-15-32-20/h7-11,15-16H,2-6,12-14H2,1H3,(H,25,29)(H,26,31)/t16-,24-/m1/s1. The lowest BCUT2D eigenvalue weighted by atomic mass is 9.80. The Hall–Kier alpha value is -2.87. The lowest BCUT2D eigenvalue weighted by Gasteiger charge is -2.31. The number of thiophene rings is 1. The Balaban J connectivity index is 1.29. The number of imide groups is 1. The van der Waals surface area contributed by atoms with Crippen LogP contribution in [0.2, 0.25) is 0 Å². The zero-order valence-electron chi connectivity index (χ0n) is 18.2. The summed E-state index contributed by atoms with van der Waals surface area (Å²) >= 11 is 1.61. The Kier molecular flexibility index (Phi) is 5.41. The van der Waals surface area contributed by atoms with Gasteiger partial charge in [-0.3, -0.25) is 9.59 Å². The number of carbonyl (C=O) groups is 3. The molecule has 3 aliphatic rings. The predicted molar refractivity (Wildman–Crippen MR) is 125 cm³/mol. The molecule has 5 rings (SSSR count). The van der Waals surface area contributed by atoms with Gasteiger partial charge in [-0.2, -0.15) is 0 Å². The van der Waals surface area contributed by atoms with E-state index >= 15 is 0 Å². The normalized spacial score (nSPS) is 23.8. The molecule has 32 heavy (non-hydrogen) atoms. The number of fused-ring (bicyclic) bond motifs is 2. The highest BCUT2D eigenvalue weighted by molar-refractivity contribution is 7.10. The smallest absolute Gasteiger partial charge is 0.326 e. The van der Waals surface area contributed by atoms with Gasteiger partial charge in [-0.05, 0) is 81.2 Å². The van der Waals surface area contributed by atoms with Gasteiger partial charge >= 0.3 is 6.03 Å². The van der Waals surface area contributed by atoms with Gasteiger partial charge in [0.05, 0.1) is 0 Å². The molecule has 3 heterocycles. The van der Waals surface area contributed by atoms with Crippen molar-refractivity contribution in [3.63, 3.8) is 0 Å². The predicted octanol–water partition coefficient (Wildman–Crippen LogP) is 3.85. The van der Waals surface area contributed by atoms with Crippen LogP contribution in [0.1, 0.15) is 49.5 Å². The second-order valence-corrected chi connectivity index (χ2v) is 9.88. The minimum Gasteiger partial charge on any atom is -0.372 e. The molecule has 1 aliphatic carbocycles. The number of carbonyl (C=O) groups excluding carboxylic acids is 3. The van der Waals surface area contributed by atoms with E-state index in [1.54, 1.807) is 18.3 Å². The molecule has 0 saturated carbocycles. The number of nitrogens with zero attached hydrogens (tertiary/aromatic N) is 2. The number of hydrogen-bond acceptors (Lipinski definition) is 5. The Morgan fingerprint density at radius 1 is 1.09 bits per heavy atom. The summed E-state index contributed by atoms with van der Waals surface area (Å²) < 4.78 is 0. The Morgan fingerprint density at radius 2 is 1.84 bits per heavy atom. The van der Waals surface area contributed by atoms with E-state index < -0.39 is 17.6 Å². The molecule has 8 heteroatoms. The van der Waals surface area contributed by atoms with Gasteiger partial charge in [0.25, 0.3) is 5.91 Å². The first-order valence-corrected chi connectivity index (χ1v) is 12.3. The van der Waals surface area contributed by atoms with Gasteiger partial charge in [0.15, 0.2) is 0 Å². The monoisotopic (exact) mass is 452 g/mol. The average molecular weight is 453 g/mol. The van der Waals surface area contributed by atoms with E-state index in [2.05, 4.69) is 15.5 Å². The number of aryl methyl sites for hydroxylation is 1. The molecule has 2 N–H and O–H groups in total. The topological polar surface area (TPSA) is 81.8 Å². The fraction of sp³-hybridized carbons (Fsp3) is 0.458. The highest BCUT2D eigenvalue weighted by atomic mass is 32.1. The van der Waals surface area contributed by atoms with Crippen LogP contribution in [0.25, 0.3) is 0 Å². The lowest BCUT2D eigenvalue weighted by Crippen LogP contribution is -2.49. The van der Waals surface area contributed by atoms with Crippen molar-refractivity contribution in [2.75, 3.05) is 23.3 Å². The highest BCUT2D eigenvalue weighted by Crippen LogP contribution is 2.42. The molecule has 7 nitrogen and oxygen atoms in total. The molecule has 2 atom stereocenters. The number of urea groups is 1. The lowest BCUT2D eigenvalue weighted by molar-refractivity contribution is -0.137. The van der Waals surface area contributed by atoms with Crippen LogP contribution in [0.3, 0.4) is 0 Å². The summed E-state index contributed by atoms with van der Waals surface area (Å²) in [5, 5.41) is 7.74. The fourth-order valence-electron chi connectivity index (χ4n) is 5.13. The van der Waals surface area contributed by atoms with Crippen LogP contribution in [-0.2, 0) is 21.5 Å². The second-order valence-electron chi connectivity index (χ2n) is 8.88. The SMILES string of the molecule is C[C@H](C(=O)Nc1ccc(N2CCCCC2)cc1)N1C(=O)N[C@@]2(CCCc3sccc32)C1=O. The van der Waals surface area contributed by atoms with Crippen LogP contribution < -0.4 is 15.5 Å². The summed E-state index contributed by atoms with van der Waals surface area (Å²) in [6.07, 6.45) is 6.00. The van der Waals surface area contributed by atoms with Gasteiger partial charge in [-0.1, -0.05) is 0 Å². The second kappa shape index (κ2) is 8.24. The van der Waals surface area contributed by atoms with Crippen LogP contribution >= 0.6 is 11.3 Å². The zero-order valence-corrected chi connectivity index (χ0v) is 19.0. The quantitative estimate of drug-likeness (QED) is 0.691. The molecular weight excluding hydrogens is 424 g/mol. The molecule has 4 amide bonds. The molecule has 2 aliphatic heterocycles. The molecule has 0 unspecified atom stereocenters. The number of anilines is 2. The molecule has 1 spiro atoms. The van der Waals surface area contributed by atoms with E-state index in [1.807, 2.05) is 35.7 Å². The van der Waals surface area contributed by atoms with Crippen molar-refractivity contribution in [2.45, 2.75) is 57.0 Å².